The molecule has 0 aliphatic heterocycles. The maximum absolute atomic E-state index is 13.0. The van der Waals surface area contributed by atoms with E-state index in [2.05, 4.69) is 10.3 Å². The van der Waals surface area contributed by atoms with Crippen molar-refractivity contribution < 1.29 is 32.6 Å². The third kappa shape index (κ3) is 5.68. The highest BCUT2D eigenvalue weighted by atomic mass is 19.4. The van der Waals surface area contributed by atoms with E-state index in [0.717, 1.165) is 17.7 Å². The third-order valence-corrected chi connectivity index (χ3v) is 5.07. The molecule has 172 valence electrons. The SMILES string of the molecule is COc1cc(C(F)(F)F)ccc1-c1cc(C(=O)N[C@@H](CC(=O)O)c2ccccc2C)ccn1. The van der Waals surface area contributed by atoms with Crippen LogP contribution in [0.15, 0.2) is 60.8 Å². The van der Waals surface area contributed by atoms with E-state index in [1.54, 1.807) is 12.1 Å². The Balaban J connectivity index is 1.92. The smallest absolute Gasteiger partial charge is 0.416 e. The summed E-state index contributed by atoms with van der Waals surface area (Å²) >= 11 is 0. The van der Waals surface area contributed by atoms with Gasteiger partial charge in [-0.3, -0.25) is 14.6 Å². The first-order chi connectivity index (χ1) is 15.6. The number of amides is 1. The summed E-state index contributed by atoms with van der Waals surface area (Å²) < 4.78 is 44.2. The van der Waals surface area contributed by atoms with Crippen molar-refractivity contribution >= 4 is 11.9 Å². The van der Waals surface area contributed by atoms with Gasteiger partial charge in [0.25, 0.3) is 5.91 Å². The molecule has 0 fully saturated rings. The molecule has 1 atom stereocenters. The lowest BCUT2D eigenvalue weighted by molar-refractivity contribution is -0.138. The summed E-state index contributed by atoms with van der Waals surface area (Å²) in [6, 6.07) is 12.2. The highest BCUT2D eigenvalue weighted by Crippen LogP contribution is 2.36. The summed E-state index contributed by atoms with van der Waals surface area (Å²) in [7, 11) is 1.24. The quantitative estimate of drug-likeness (QED) is 0.519. The molecule has 1 aromatic heterocycles. The minimum Gasteiger partial charge on any atom is -0.496 e. The van der Waals surface area contributed by atoms with Gasteiger partial charge in [-0.05, 0) is 48.4 Å². The maximum Gasteiger partial charge on any atom is 0.416 e. The molecule has 1 heterocycles. The molecular weight excluding hydrogens is 437 g/mol. The molecule has 0 aliphatic rings. The fraction of sp³-hybridized carbons (Fsp3) is 0.208. The molecule has 0 saturated carbocycles. The largest absolute Gasteiger partial charge is 0.496 e. The van der Waals surface area contributed by atoms with Crippen LogP contribution in [0.3, 0.4) is 0 Å². The standard InChI is InChI=1S/C24H21F3N2O4/c1-14-5-3-4-6-17(14)20(13-22(30)31)29-23(32)15-9-10-28-19(11-15)18-8-7-16(24(25,26)27)12-21(18)33-2/h3-12,20H,13H2,1-2H3,(H,29,32)(H,30,31)/t20-/m0/s1. The zero-order valence-corrected chi connectivity index (χ0v) is 17.8. The number of nitrogens with zero attached hydrogens (tertiary/aromatic N) is 1. The second-order valence-electron chi connectivity index (χ2n) is 7.32. The van der Waals surface area contributed by atoms with E-state index in [1.807, 2.05) is 19.1 Å². The van der Waals surface area contributed by atoms with Crippen LogP contribution in [0.25, 0.3) is 11.3 Å². The van der Waals surface area contributed by atoms with Gasteiger partial charge in [-0.25, -0.2) is 0 Å². The van der Waals surface area contributed by atoms with Gasteiger partial charge in [0.1, 0.15) is 5.75 Å². The Labute approximate surface area is 188 Å². The third-order valence-electron chi connectivity index (χ3n) is 5.07. The van der Waals surface area contributed by atoms with E-state index in [0.29, 0.717) is 5.56 Å². The Hall–Kier alpha value is -3.88. The Morgan fingerprint density at radius 2 is 1.85 bits per heavy atom. The number of benzene rings is 2. The Bertz CT molecular complexity index is 1180. The van der Waals surface area contributed by atoms with E-state index in [9.17, 15) is 27.9 Å². The number of halogens is 3. The molecule has 1 amide bonds. The molecule has 0 saturated heterocycles. The zero-order valence-electron chi connectivity index (χ0n) is 17.8. The van der Waals surface area contributed by atoms with Crippen LogP contribution in [-0.2, 0) is 11.0 Å². The first-order valence-electron chi connectivity index (χ1n) is 9.90. The molecule has 0 radical (unpaired) electrons. The number of alkyl halides is 3. The zero-order chi connectivity index (χ0) is 24.2. The van der Waals surface area contributed by atoms with Gasteiger partial charge >= 0.3 is 12.1 Å². The monoisotopic (exact) mass is 458 g/mol. The first-order valence-corrected chi connectivity index (χ1v) is 9.90. The average molecular weight is 458 g/mol. The molecule has 3 rings (SSSR count). The number of pyridine rings is 1. The summed E-state index contributed by atoms with van der Waals surface area (Å²) in [5.74, 6) is -1.66. The summed E-state index contributed by atoms with van der Waals surface area (Å²) in [6.45, 7) is 1.82. The van der Waals surface area contributed by atoms with Gasteiger partial charge in [0.05, 0.1) is 30.8 Å². The Morgan fingerprint density at radius 3 is 2.48 bits per heavy atom. The second-order valence-corrected chi connectivity index (χ2v) is 7.32. The average Bonchev–Trinajstić information content (AvgIpc) is 2.77. The minimum atomic E-state index is -4.53. The summed E-state index contributed by atoms with van der Waals surface area (Å²) in [4.78, 5) is 28.5. The van der Waals surface area contributed by atoms with Gasteiger partial charge < -0.3 is 15.2 Å². The molecule has 9 heteroatoms. The number of carboxylic acid groups (broad SMARTS) is 1. The van der Waals surface area contributed by atoms with Gasteiger partial charge in [-0.1, -0.05) is 24.3 Å². The van der Waals surface area contributed by atoms with Crippen LogP contribution in [0.5, 0.6) is 5.75 Å². The fourth-order valence-electron chi connectivity index (χ4n) is 3.43. The van der Waals surface area contributed by atoms with E-state index < -0.39 is 29.7 Å². The van der Waals surface area contributed by atoms with Gasteiger partial charge in [-0.15, -0.1) is 0 Å². The van der Waals surface area contributed by atoms with E-state index >= 15 is 0 Å². The molecule has 0 bridgehead atoms. The molecule has 0 unspecified atom stereocenters. The van der Waals surface area contributed by atoms with Crippen LogP contribution >= 0.6 is 0 Å². The van der Waals surface area contributed by atoms with E-state index in [1.165, 1.54) is 31.5 Å². The van der Waals surface area contributed by atoms with Crippen molar-refractivity contribution in [2.24, 2.45) is 0 Å². The molecule has 6 nitrogen and oxygen atoms in total. The minimum absolute atomic E-state index is 0.0430. The van der Waals surface area contributed by atoms with Crippen LogP contribution in [0, 0.1) is 6.92 Å². The number of hydrogen-bond acceptors (Lipinski definition) is 4. The molecule has 2 N–H and O–H groups in total. The predicted octanol–water partition coefficient (Wildman–Crippen LogP) is 5.03. The van der Waals surface area contributed by atoms with Crippen LogP contribution in [0.4, 0.5) is 13.2 Å². The predicted molar refractivity (Wildman–Crippen MR) is 115 cm³/mol. The first kappa shape index (κ1) is 23.8. The number of carbonyl (C=O) groups is 2. The van der Waals surface area contributed by atoms with Crippen LogP contribution < -0.4 is 10.1 Å². The number of aliphatic carboxylic acids is 1. The van der Waals surface area contributed by atoms with Gasteiger partial charge in [-0.2, -0.15) is 13.2 Å². The van der Waals surface area contributed by atoms with Crippen LogP contribution in [0.2, 0.25) is 0 Å². The molecule has 0 spiro atoms. The van der Waals surface area contributed by atoms with Crippen molar-refractivity contribution in [2.45, 2.75) is 25.6 Å². The van der Waals surface area contributed by atoms with E-state index in [-0.39, 0.29) is 29.0 Å². The number of carbonyl (C=O) groups excluding carboxylic acids is 1. The van der Waals surface area contributed by atoms with Crippen molar-refractivity contribution in [1.82, 2.24) is 10.3 Å². The van der Waals surface area contributed by atoms with Crippen molar-refractivity contribution in [3.63, 3.8) is 0 Å². The second kappa shape index (κ2) is 9.72. The topological polar surface area (TPSA) is 88.5 Å². The number of methoxy groups -OCH3 is 1. The van der Waals surface area contributed by atoms with Crippen molar-refractivity contribution in [3.8, 4) is 17.0 Å². The highest BCUT2D eigenvalue weighted by Gasteiger charge is 2.31. The molecule has 33 heavy (non-hydrogen) atoms. The normalized spacial score (nSPS) is 12.2. The summed E-state index contributed by atoms with van der Waals surface area (Å²) in [5.41, 5.74) is 1.32. The van der Waals surface area contributed by atoms with Crippen molar-refractivity contribution in [1.29, 1.82) is 0 Å². The molecule has 2 aromatic carbocycles. The van der Waals surface area contributed by atoms with Crippen molar-refractivity contribution in [2.75, 3.05) is 7.11 Å². The highest BCUT2D eigenvalue weighted by molar-refractivity contribution is 5.95. The Morgan fingerprint density at radius 1 is 1.12 bits per heavy atom. The lowest BCUT2D eigenvalue weighted by Crippen LogP contribution is -2.30. The maximum atomic E-state index is 13.0. The lowest BCUT2D eigenvalue weighted by Gasteiger charge is -2.20. The van der Waals surface area contributed by atoms with Gasteiger partial charge in [0.2, 0.25) is 0 Å². The number of carboxylic acids is 1. The number of nitrogens with one attached hydrogen (secondary N) is 1. The lowest BCUT2D eigenvalue weighted by atomic mass is 9.98. The molecule has 0 aliphatic carbocycles. The van der Waals surface area contributed by atoms with Gasteiger partial charge in [0.15, 0.2) is 0 Å². The van der Waals surface area contributed by atoms with Crippen LogP contribution in [0.1, 0.15) is 39.5 Å². The Kier molecular flexibility index (Phi) is 7.01. The van der Waals surface area contributed by atoms with Crippen molar-refractivity contribution in [3.05, 3.63) is 83.0 Å². The number of ether oxygens (including phenoxy) is 1. The van der Waals surface area contributed by atoms with Crippen LogP contribution in [-0.4, -0.2) is 29.1 Å². The summed E-state index contributed by atoms with van der Waals surface area (Å²) in [5, 5.41) is 12.0. The number of hydrogen-bond donors (Lipinski definition) is 2. The number of aromatic nitrogens is 1. The number of rotatable bonds is 7. The number of aryl methyl sites for hydroxylation is 1. The molecule has 3 aromatic rings. The van der Waals surface area contributed by atoms with E-state index in [4.69, 9.17) is 4.74 Å². The fourth-order valence-corrected chi connectivity index (χ4v) is 3.43. The molecular formula is C24H21F3N2O4. The van der Waals surface area contributed by atoms with Gasteiger partial charge in [0, 0.05) is 17.3 Å². The summed E-state index contributed by atoms with van der Waals surface area (Å²) in [6.07, 6.45) is -3.50.